The number of amides is 2. The maximum Gasteiger partial charge on any atom is 0.337 e. The minimum Gasteiger partial charge on any atom is -0.478 e. The highest BCUT2D eigenvalue weighted by atomic mass is 16.4. The average molecular weight is 294 g/mol. The van der Waals surface area contributed by atoms with Gasteiger partial charge in [0.05, 0.1) is 17.9 Å². The number of carbonyl (C=O) groups excluding carboxylic acids is 1. The number of aromatic carboxylic acids is 1. The molecule has 0 saturated heterocycles. The van der Waals surface area contributed by atoms with E-state index in [0.29, 0.717) is 17.8 Å². The van der Waals surface area contributed by atoms with Crippen LogP contribution < -0.4 is 5.32 Å². The van der Waals surface area contributed by atoms with Gasteiger partial charge in [0.2, 0.25) is 0 Å². The van der Waals surface area contributed by atoms with Gasteiger partial charge in [-0.25, -0.2) is 9.59 Å². The Morgan fingerprint density at radius 2 is 1.90 bits per heavy atom. The summed E-state index contributed by atoms with van der Waals surface area (Å²) in [5, 5.41) is 20.9. The van der Waals surface area contributed by atoms with Crippen molar-refractivity contribution in [1.29, 1.82) is 0 Å². The number of carboxylic acid groups (broad SMARTS) is 1. The Kier molecular flexibility index (Phi) is 6.17. The summed E-state index contributed by atoms with van der Waals surface area (Å²) in [7, 11) is 0. The van der Waals surface area contributed by atoms with E-state index >= 15 is 0 Å². The molecule has 0 bridgehead atoms. The van der Waals surface area contributed by atoms with Crippen LogP contribution in [0.3, 0.4) is 0 Å². The molecule has 0 spiro atoms. The fourth-order valence-corrected chi connectivity index (χ4v) is 2.19. The molecule has 0 atom stereocenters. The van der Waals surface area contributed by atoms with Crippen molar-refractivity contribution in [2.75, 3.05) is 25.0 Å². The molecule has 6 heteroatoms. The Bertz CT molecular complexity index is 523. The lowest BCUT2D eigenvalue weighted by Gasteiger charge is -2.23. The molecule has 0 unspecified atom stereocenters. The molecule has 2 amide bonds. The van der Waals surface area contributed by atoms with Crippen molar-refractivity contribution >= 4 is 17.7 Å². The standard InChI is InChI=1S/C15H22N2O4/c1-4-5-17(6-7-18)15(21)16-13-11(3)8-10(2)9-12(13)14(19)20/h8-9,18H,4-7H2,1-3H3,(H,16,21)(H,19,20). The molecule has 1 aromatic rings. The zero-order chi connectivity index (χ0) is 16.0. The van der Waals surface area contributed by atoms with E-state index in [9.17, 15) is 14.7 Å². The Labute approximate surface area is 124 Å². The van der Waals surface area contributed by atoms with Gasteiger partial charge < -0.3 is 20.4 Å². The van der Waals surface area contributed by atoms with Crippen LogP contribution in [0.15, 0.2) is 12.1 Å². The van der Waals surface area contributed by atoms with Crippen LogP contribution in [0.4, 0.5) is 10.5 Å². The van der Waals surface area contributed by atoms with Gasteiger partial charge in [-0.2, -0.15) is 0 Å². The first-order chi connectivity index (χ1) is 9.90. The van der Waals surface area contributed by atoms with Gasteiger partial charge in [-0.3, -0.25) is 0 Å². The number of hydrogen-bond donors (Lipinski definition) is 3. The van der Waals surface area contributed by atoms with Crippen LogP contribution in [0.25, 0.3) is 0 Å². The molecule has 3 N–H and O–H groups in total. The van der Waals surface area contributed by atoms with Crippen LogP contribution in [0.1, 0.15) is 34.8 Å². The molecule has 116 valence electrons. The second kappa shape index (κ2) is 7.64. The lowest BCUT2D eigenvalue weighted by molar-refractivity contribution is 0.0698. The fourth-order valence-electron chi connectivity index (χ4n) is 2.19. The van der Waals surface area contributed by atoms with Crippen molar-refractivity contribution in [1.82, 2.24) is 4.90 Å². The first kappa shape index (κ1) is 17.0. The number of rotatable bonds is 6. The Hall–Kier alpha value is -2.08. The zero-order valence-corrected chi connectivity index (χ0v) is 12.6. The van der Waals surface area contributed by atoms with E-state index in [4.69, 9.17) is 5.11 Å². The average Bonchev–Trinajstić information content (AvgIpc) is 2.40. The highest BCUT2D eigenvalue weighted by molar-refractivity contribution is 6.01. The summed E-state index contributed by atoms with van der Waals surface area (Å²) >= 11 is 0. The monoisotopic (exact) mass is 294 g/mol. The van der Waals surface area contributed by atoms with Crippen LogP contribution in [0.5, 0.6) is 0 Å². The van der Waals surface area contributed by atoms with Crippen molar-refractivity contribution < 1.29 is 19.8 Å². The van der Waals surface area contributed by atoms with Crippen LogP contribution in [0, 0.1) is 13.8 Å². The normalized spacial score (nSPS) is 10.3. The number of urea groups is 1. The number of carbonyl (C=O) groups is 2. The third kappa shape index (κ3) is 4.46. The van der Waals surface area contributed by atoms with Crippen LogP contribution >= 0.6 is 0 Å². The molecule has 0 heterocycles. The van der Waals surface area contributed by atoms with E-state index in [-0.39, 0.29) is 18.7 Å². The number of aryl methyl sites for hydroxylation is 2. The number of nitrogens with zero attached hydrogens (tertiary/aromatic N) is 1. The van der Waals surface area contributed by atoms with E-state index in [2.05, 4.69) is 5.32 Å². The van der Waals surface area contributed by atoms with Crippen molar-refractivity contribution in [3.63, 3.8) is 0 Å². The predicted octanol–water partition coefficient (Wildman–Crippen LogP) is 2.24. The fraction of sp³-hybridized carbons (Fsp3) is 0.467. The molecule has 0 aromatic heterocycles. The minimum atomic E-state index is -1.08. The van der Waals surface area contributed by atoms with Crippen LogP contribution in [0.2, 0.25) is 0 Å². The predicted molar refractivity (Wildman–Crippen MR) is 80.8 cm³/mol. The van der Waals surface area contributed by atoms with Gasteiger partial charge in [0.15, 0.2) is 0 Å². The molecule has 6 nitrogen and oxygen atoms in total. The number of aliphatic hydroxyl groups is 1. The molecule has 1 aromatic carbocycles. The second-order valence-electron chi connectivity index (χ2n) is 4.95. The van der Waals surface area contributed by atoms with Gasteiger partial charge in [-0.1, -0.05) is 13.0 Å². The van der Waals surface area contributed by atoms with Crippen molar-refractivity contribution in [3.05, 3.63) is 28.8 Å². The van der Waals surface area contributed by atoms with Gasteiger partial charge in [-0.15, -0.1) is 0 Å². The smallest absolute Gasteiger partial charge is 0.337 e. The number of aliphatic hydroxyl groups excluding tert-OH is 1. The highest BCUT2D eigenvalue weighted by Crippen LogP contribution is 2.23. The summed E-state index contributed by atoms with van der Waals surface area (Å²) in [5.74, 6) is -1.08. The van der Waals surface area contributed by atoms with Gasteiger partial charge >= 0.3 is 12.0 Å². The molecule has 0 radical (unpaired) electrons. The largest absolute Gasteiger partial charge is 0.478 e. The number of nitrogens with one attached hydrogen (secondary N) is 1. The summed E-state index contributed by atoms with van der Waals surface area (Å²) < 4.78 is 0. The van der Waals surface area contributed by atoms with E-state index in [1.807, 2.05) is 13.0 Å². The summed E-state index contributed by atoms with van der Waals surface area (Å²) in [5.41, 5.74) is 1.89. The number of carboxylic acids is 1. The molecule has 0 aliphatic rings. The summed E-state index contributed by atoms with van der Waals surface area (Å²) in [6.45, 7) is 6.07. The molecule has 0 aliphatic carbocycles. The van der Waals surface area contributed by atoms with E-state index < -0.39 is 12.0 Å². The molecular weight excluding hydrogens is 272 g/mol. The van der Waals surface area contributed by atoms with Crippen LogP contribution in [-0.2, 0) is 0 Å². The topological polar surface area (TPSA) is 89.9 Å². The zero-order valence-electron chi connectivity index (χ0n) is 12.6. The third-order valence-electron chi connectivity index (χ3n) is 3.09. The molecule has 21 heavy (non-hydrogen) atoms. The van der Waals surface area contributed by atoms with E-state index in [1.54, 1.807) is 13.8 Å². The second-order valence-corrected chi connectivity index (χ2v) is 4.95. The summed E-state index contributed by atoms with van der Waals surface area (Å²) in [6, 6.07) is 2.94. The van der Waals surface area contributed by atoms with Gasteiger partial charge in [0.1, 0.15) is 0 Å². The summed E-state index contributed by atoms with van der Waals surface area (Å²) in [6.07, 6.45) is 0.756. The molecular formula is C15H22N2O4. The van der Waals surface area contributed by atoms with Crippen LogP contribution in [-0.4, -0.2) is 46.8 Å². The summed E-state index contributed by atoms with van der Waals surface area (Å²) in [4.78, 5) is 25.0. The first-order valence-electron chi connectivity index (χ1n) is 6.92. The first-order valence-corrected chi connectivity index (χ1v) is 6.92. The van der Waals surface area contributed by atoms with Gasteiger partial charge in [0, 0.05) is 13.1 Å². The molecule has 0 aliphatic heterocycles. The van der Waals surface area contributed by atoms with E-state index in [0.717, 1.165) is 12.0 Å². The lowest BCUT2D eigenvalue weighted by Crippen LogP contribution is -2.38. The van der Waals surface area contributed by atoms with Crippen molar-refractivity contribution in [2.24, 2.45) is 0 Å². The number of anilines is 1. The third-order valence-corrected chi connectivity index (χ3v) is 3.09. The quantitative estimate of drug-likeness (QED) is 0.750. The SMILES string of the molecule is CCCN(CCO)C(=O)Nc1c(C)cc(C)cc1C(=O)O. The Morgan fingerprint density at radius 3 is 2.43 bits per heavy atom. The Morgan fingerprint density at radius 1 is 1.24 bits per heavy atom. The molecule has 1 rings (SSSR count). The van der Waals surface area contributed by atoms with E-state index in [1.165, 1.54) is 11.0 Å². The molecule has 0 saturated carbocycles. The maximum absolute atomic E-state index is 12.2. The van der Waals surface area contributed by atoms with Gasteiger partial charge in [0.25, 0.3) is 0 Å². The lowest BCUT2D eigenvalue weighted by atomic mass is 10.0. The number of hydrogen-bond acceptors (Lipinski definition) is 3. The van der Waals surface area contributed by atoms with Crippen molar-refractivity contribution in [2.45, 2.75) is 27.2 Å². The van der Waals surface area contributed by atoms with Crippen molar-refractivity contribution in [3.8, 4) is 0 Å². The maximum atomic E-state index is 12.2. The minimum absolute atomic E-state index is 0.0706. The molecule has 0 fully saturated rings. The Balaban J connectivity index is 3.06. The highest BCUT2D eigenvalue weighted by Gasteiger charge is 2.18. The van der Waals surface area contributed by atoms with Gasteiger partial charge in [-0.05, 0) is 37.5 Å². The number of benzene rings is 1.